The first-order valence-electron chi connectivity index (χ1n) is 6.30. The highest BCUT2D eigenvalue weighted by atomic mass is 15.0. The molecule has 0 radical (unpaired) electrons. The average molecular weight is 239 g/mol. The van der Waals surface area contributed by atoms with Gasteiger partial charge in [-0.2, -0.15) is 0 Å². The number of rotatable bonds is 2. The van der Waals surface area contributed by atoms with Crippen LogP contribution >= 0.6 is 0 Å². The Morgan fingerprint density at radius 1 is 0.889 bits per heavy atom. The largest absolute Gasteiger partial charge is 0.338 e. The molecule has 3 rings (SSSR count). The molecule has 18 heavy (non-hydrogen) atoms. The van der Waals surface area contributed by atoms with E-state index >= 15 is 0 Å². The predicted molar refractivity (Wildman–Crippen MR) is 81.2 cm³/mol. The first-order valence-corrected chi connectivity index (χ1v) is 6.30. The fraction of sp³-hybridized carbons (Fsp3) is 0.294. The standard InChI is InChI=1S/C16H17N.CH4/c1-3-12(2)17-15-10-6-4-8-13(15)14-9-5-7-11-16(14)17;/h4-12H,3H2,1-2H3;1H4. The number of hydrogen-bond donors (Lipinski definition) is 0. The molecule has 1 nitrogen and oxygen atoms in total. The van der Waals surface area contributed by atoms with Crippen LogP contribution in [0.4, 0.5) is 0 Å². The van der Waals surface area contributed by atoms with Crippen LogP contribution in [0.5, 0.6) is 0 Å². The highest BCUT2D eigenvalue weighted by Gasteiger charge is 2.12. The minimum Gasteiger partial charge on any atom is -0.338 e. The molecule has 0 amide bonds. The molecule has 0 N–H and O–H groups in total. The van der Waals surface area contributed by atoms with Crippen molar-refractivity contribution in [3.05, 3.63) is 48.5 Å². The molecule has 0 aliphatic heterocycles. The Labute approximate surface area is 109 Å². The second-order valence-electron chi connectivity index (χ2n) is 4.66. The third kappa shape index (κ3) is 1.71. The van der Waals surface area contributed by atoms with Crippen LogP contribution in [0.2, 0.25) is 0 Å². The van der Waals surface area contributed by atoms with Crippen molar-refractivity contribution < 1.29 is 0 Å². The van der Waals surface area contributed by atoms with Gasteiger partial charge >= 0.3 is 0 Å². The van der Waals surface area contributed by atoms with E-state index in [2.05, 4.69) is 66.9 Å². The maximum atomic E-state index is 2.46. The molecule has 0 saturated carbocycles. The topological polar surface area (TPSA) is 4.93 Å². The Hall–Kier alpha value is -1.76. The van der Waals surface area contributed by atoms with Gasteiger partial charge in [0, 0.05) is 27.8 Å². The van der Waals surface area contributed by atoms with E-state index < -0.39 is 0 Å². The molecule has 1 aromatic heterocycles. The molecule has 1 unspecified atom stereocenters. The van der Waals surface area contributed by atoms with E-state index in [9.17, 15) is 0 Å². The maximum Gasteiger partial charge on any atom is 0.0493 e. The first kappa shape index (κ1) is 12.7. The number of para-hydroxylation sites is 2. The average Bonchev–Trinajstić information content (AvgIpc) is 2.72. The van der Waals surface area contributed by atoms with E-state index in [1.54, 1.807) is 0 Å². The highest BCUT2D eigenvalue weighted by Crippen LogP contribution is 2.32. The molecule has 3 aromatic rings. The summed E-state index contributed by atoms with van der Waals surface area (Å²) in [6, 6.07) is 17.9. The summed E-state index contributed by atoms with van der Waals surface area (Å²) in [5.41, 5.74) is 2.70. The Bertz CT molecular complexity index is 610. The van der Waals surface area contributed by atoms with Crippen LogP contribution < -0.4 is 0 Å². The lowest BCUT2D eigenvalue weighted by molar-refractivity contribution is 0.563. The summed E-state index contributed by atoms with van der Waals surface area (Å²) in [4.78, 5) is 0. The second-order valence-corrected chi connectivity index (χ2v) is 4.66. The molecule has 1 heteroatoms. The van der Waals surface area contributed by atoms with Crippen LogP contribution in [0, 0.1) is 0 Å². The third-order valence-electron chi connectivity index (χ3n) is 3.65. The van der Waals surface area contributed by atoms with Gasteiger partial charge in [0.2, 0.25) is 0 Å². The molecule has 2 aromatic carbocycles. The van der Waals surface area contributed by atoms with E-state index in [1.165, 1.54) is 21.8 Å². The Kier molecular flexibility index (Phi) is 3.42. The molecule has 1 atom stereocenters. The van der Waals surface area contributed by atoms with E-state index in [0.717, 1.165) is 6.42 Å². The zero-order valence-corrected chi connectivity index (χ0v) is 10.4. The van der Waals surface area contributed by atoms with Crippen molar-refractivity contribution in [2.24, 2.45) is 0 Å². The lowest BCUT2D eigenvalue weighted by atomic mass is 10.2. The van der Waals surface area contributed by atoms with Gasteiger partial charge in [-0.15, -0.1) is 0 Å². The minimum atomic E-state index is 0. The molecule has 1 heterocycles. The molecule has 0 fully saturated rings. The van der Waals surface area contributed by atoms with Crippen LogP contribution in [0.1, 0.15) is 33.7 Å². The quantitative estimate of drug-likeness (QED) is 0.564. The Morgan fingerprint density at radius 3 is 1.78 bits per heavy atom. The van der Waals surface area contributed by atoms with Crippen molar-refractivity contribution in [1.82, 2.24) is 4.57 Å². The van der Waals surface area contributed by atoms with Crippen molar-refractivity contribution in [2.75, 3.05) is 0 Å². The van der Waals surface area contributed by atoms with Gasteiger partial charge in [-0.3, -0.25) is 0 Å². The zero-order valence-electron chi connectivity index (χ0n) is 10.4. The van der Waals surface area contributed by atoms with Gasteiger partial charge in [-0.1, -0.05) is 50.7 Å². The molecule has 94 valence electrons. The summed E-state index contributed by atoms with van der Waals surface area (Å²) >= 11 is 0. The zero-order chi connectivity index (χ0) is 11.8. The smallest absolute Gasteiger partial charge is 0.0493 e. The molecular formula is C17H21N. The van der Waals surface area contributed by atoms with Crippen molar-refractivity contribution in [1.29, 1.82) is 0 Å². The van der Waals surface area contributed by atoms with E-state index in [1.807, 2.05) is 0 Å². The van der Waals surface area contributed by atoms with Crippen molar-refractivity contribution >= 4 is 21.8 Å². The molecule has 0 aliphatic carbocycles. The number of aromatic nitrogens is 1. The second kappa shape index (κ2) is 4.85. The monoisotopic (exact) mass is 239 g/mol. The highest BCUT2D eigenvalue weighted by molar-refractivity contribution is 6.08. The summed E-state index contributed by atoms with van der Waals surface area (Å²) in [5, 5.41) is 2.73. The van der Waals surface area contributed by atoms with Crippen molar-refractivity contribution in [2.45, 2.75) is 33.7 Å². The van der Waals surface area contributed by atoms with Gasteiger partial charge in [-0.05, 0) is 25.5 Å². The van der Waals surface area contributed by atoms with Gasteiger partial charge in [-0.25, -0.2) is 0 Å². The van der Waals surface area contributed by atoms with Crippen molar-refractivity contribution in [3.63, 3.8) is 0 Å². The predicted octanol–water partition coefficient (Wildman–Crippen LogP) is 5.40. The Balaban J connectivity index is 0.00000120. The van der Waals surface area contributed by atoms with Gasteiger partial charge in [0.05, 0.1) is 0 Å². The molecule has 0 aliphatic rings. The number of nitrogens with zero attached hydrogens (tertiary/aromatic N) is 1. The third-order valence-corrected chi connectivity index (χ3v) is 3.65. The van der Waals surface area contributed by atoms with Gasteiger partial charge in [0.25, 0.3) is 0 Å². The lowest BCUT2D eigenvalue weighted by Crippen LogP contribution is -2.02. The summed E-state index contributed by atoms with van der Waals surface area (Å²) < 4.78 is 2.46. The fourth-order valence-electron chi connectivity index (χ4n) is 2.61. The molecular weight excluding hydrogens is 218 g/mol. The normalized spacial score (nSPS) is 12.6. The fourth-order valence-corrected chi connectivity index (χ4v) is 2.61. The van der Waals surface area contributed by atoms with E-state index in [4.69, 9.17) is 0 Å². The number of fused-ring (bicyclic) bond motifs is 3. The SMILES string of the molecule is C.CCC(C)n1c2ccccc2c2ccccc21. The molecule has 0 spiro atoms. The van der Waals surface area contributed by atoms with E-state index in [-0.39, 0.29) is 7.43 Å². The number of benzene rings is 2. The Morgan fingerprint density at radius 2 is 1.33 bits per heavy atom. The van der Waals surface area contributed by atoms with Gasteiger partial charge < -0.3 is 4.57 Å². The van der Waals surface area contributed by atoms with Gasteiger partial charge in [0.15, 0.2) is 0 Å². The van der Waals surface area contributed by atoms with Crippen LogP contribution in [-0.4, -0.2) is 4.57 Å². The van der Waals surface area contributed by atoms with Crippen LogP contribution in [-0.2, 0) is 0 Å². The molecule has 0 bridgehead atoms. The molecule has 0 saturated heterocycles. The summed E-state index contributed by atoms with van der Waals surface area (Å²) in [6.45, 7) is 4.53. The first-order chi connectivity index (χ1) is 8.33. The van der Waals surface area contributed by atoms with Crippen LogP contribution in [0.25, 0.3) is 21.8 Å². The lowest BCUT2D eigenvalue weighted by Gasteiger charge is -2.14. The summed E-state index contributed by atoms with van der Waals surface area (Å²) in [7, 11) is 0. The summed E-state index contributed by atoms with van der Waals surface area (Å²) in [6.07, 6.45) is 1.16. The van der Waals surface area contributed by atoms with E-state index in [0.29, 0.717) is 6.04 Å². The summed E-state index contributed by atoms with van der Waals surface area (Å²) in [5.74, 6) is 0. The van der Waals surface area contributed by atoms with Gasteiger partial charge in [0.1, 0.15) is 0 Å². The number of hydrogen-bond acceptors (Lipinski definition) is 0. The van der Waals surface area contributed by atoms with Crippen LogP contribution in [0.3, 0.4) is 0 Å². The van der Waals surface area contributed by atoms with Crippen molar-refractivity contribution in [3.8, 4) is 0 Å². The van der Waals surface area contributed by atoms with Crippen LogP contribution in [0.15, 0.2) is 48.5 Å². The maximum absolute atomic E-state index is 2.46. The minimum absolute atomic E-state index is 0.